The molecule has 0 aliphatic heterocycles. The van der Waals surface area contributed by atoms with Gasteiger partial charge in [-0.05, 0) is 51.3 Å². The van der Waals surface area contributed by atoms with Gasteiger partial charge in [-0.25, -0.2) is 8.42 Å². The lowest BCUT2D eigenvalue weighted by atomic mass is 9.68. The maximum absolute atomic E-state index is 11.6. The zero-order valence-electron chi connectivity index (χ0n) is 14.8. The largest absolute Gasteiger partial charge is 0.385 e. The van der Waals surface area contributed by atoms with E-state index < -0.39 is 20.9 Å². The second kappa shape index (κ2) is 7.02. The molecule has 0 saturated heterocycles. The molecule has 2 atom stereocenters. The zero-order chi connectivity index (χ0) is 17.9. The van der Waals surface area contributed by atoms with Crippen LogP contribution in [-0.2, 0) is 15.4 Å². The minimum atomic E-state index is -3.24. The summed E-state index contributed by atoms with van der Waals surface area (Å²) in [6, 6.07) is 6.44. The van der Waals surface area contributed by atoms with Gasteiger partial charge in [0.05, 0.1) is 10.5 Å². The van der Waals surface area contributed by atoms with Crippen LogP contribution < -0.4 is 0 Å². The molecule has 0 aromatic heterocycles. The van der Waals surface area contributed by atoms with Crippen LogP contribution in [0.3, 0.4) is 0 Å². The second-order valence-electron chi connectivity index (χ2n) is 6.81. The van der Waals surface area contributed by atoms with Crippen LogP contribution in [0.25, 0.3) is 0 Å². The number of hydrogen-bond acceptors (Lipinski definition) is 3. The van der Waals surface area contributed by atoms with Crippen LogP contribution in [-0.4, -0.2) is 19.8 Å². The molecule has 0 bridgehead atoms. The molecule has 3 nitrogen and oxygen atoms in total. The molecule has 0 aliphatic carbocycles. The predicted molar refractivity (Wildman–Crippen MR) is 96.1 cm³/mol. The summed E-state index contributed by atoms with van der Waals surface area (Å²) in [5, 5.41) is 11.1. The molecule has 0 spiro atoms. The highest BCUT2D eigenvalue weighted by molar-refractivity contribution is 7.90. The normalized spacial score (nSPS) is 17.0. The average Bonchev–Trinajstić information content (AvgIpc) is 2.45. The van der Waals surface area contributed by atoms with Crippen LogP contribution in [0.1, 0.15) is 46.1 Å². The molecule has 23 heavy (non-hydrogen) atoms. The fraction of sp³-hybridized carbons (Fsp3) is 0.474. The summed E-state index contributed by atoms with van der Waals surface area (Å²) < 4.78 is 23.1. The van der Waals surface area contributed by atoms with Crippen molar-refractivity contribution in [2.75, 3.05) is 6.26 Å². The van der Waals surface area contributed by atoms with Gasteiger partial charge >= 0.3 is 0 Å². The van der Waals surface area contributed by atoms with Crippen molar-refractivity contribution in [2.45, 2.75) is 51.0 Å². The lowest BCUT2D eigenvalue weighted by molar-refractivity contribution is -0.0441. The summed E-state index contributed by atoms with van der Waals surface area (Å²) in [4.78, 5) is 0.252. The third kappa shape index (κ3) is 4.55. The van der Waals surface area contributed by atoms with E-state index >= 15 is 0 Å². The summed E-state index contributed by atoms with van der Waals surface area (Å²) in [6.45, 7) is 11.7. The maximum Gasteiger partial charge on any atom is 0.175 e. The fourth-order valence-corrected chi connectivity index (χ4v) is 3.19. The number of rotatable bonds is 7. The number of allylic oxidation sites excluding steroid dienone is 2. The van der Waals surface area contributed by atoms with E-state index in [-0.39, 0.29) is 4.90 Å². The van der Waals surface area contributed by atoms with Crippen molar-refractivity contribution in [3.63, 3.8) is 0 Å². The van der Waals surface area contributed by atoms with Gasteiger partial charge in [0, 0.05) is 11.7 Å². The van der Waals surface area contributed by atoms with E-state index in [4.69, 9.17) is 0 Å². The van der Waals surface area contributed by atoms with E-state index in [1.165, 1.54) is 11.8 Å². The van der Waals surface area contributed by atoms with Crippen LogP contribution >= 0.6 is 0 Å². The molecule has 1 rings (SSSR count). The Morgan fingerprint density at radius 3 is 2.13 bits per heavy atom. The standard InChI is InChI=1S/C19H28O3S/c1-7-18(4,14-8-9-15(2)3)19(5,20)16-10-12-17(13-11-16)23(6,21)22/h7,9-13,20H,1,8,14H2,2-6H3/t18-,19-/m1/s1. The van der Waals surface area contributed by atoms with Crippen molar-refractivity contribution in [3.05, 3.63) is 54.1 Å². The highest BCUT2D eigenvalue weighted by atomic mass is 32.2. The minimum absolute atomic E-state index is 0.252. The van der Waals surface area contributed by atoms with Crippen molar-refractivity contribution >= 4 is 9.84 Å². The highest BCUT2D eigenvalue weighted by Crippen LogP contribution is 2.44. The molecule has 0 heterocycles. The van der Waals surface area contributed by atoms with Crippen LogP contribution in [0.2, 0.25) is 0 Å². The molecule has 0 radical (unpaired) electrons. The zero-order valence-corrected chi connectivity index (χ0v) is 15.6. The Hall–Kier alpha value is -1.39. The molecule has 0 saturated carbocycles. The highest BCUT2D eigenvalue weighted by Gasteiger charge is 2.41. The third-order valence-corrected chi connectivity index (χ3v) is 5.75. The van der Waals surface area contributed by atoms with E-state index in [1.54, 1.807) is 37.3 Å². The monoisotopic (exact) mass is 336 g/mol. The Morgan fingerprint density at radius 2 is 1.74 bits per heavy atom. The molecule has 0 amide bonds. The van der Waals surface area contributed by atoms with E-state index in [0.717, 1.165) is 12.8 Å². The first-order chi connectivity index (χ1) is 10.4. The second-order valence-corrected chi connectivity index (χ2v) is 8.83. The quantitative estimate of drug-likeness (QED) is 0.758. The minimum Gasteiger partial charge on any atom is -0.385 e. The fourth-order valence-electron chi connectivity index (χ4n) is 2.56. The van der Waals surface area contributed by atoms with E-state index in [1.807, 2.05) is 20.8 Å². The van der Waals surface area contributed by atoms with Crippen LogP contribution in [0, 0.1) is 5.41 Å². The summed E-state index contributed by atoms with van der Waals surface area (Å²) in [7, 11) is -3.24. The van der Waals surface area contributed by atoms with Crippen molar-refractivity contribution in [1.82, 2.24) is 0 Å². The lowest BCUT2D eigenvalue weighted by Gasteiger charge is -2.41. The number of hydrogen-bond donors (Lipinski definition) is 1. The molecule has 1 N–H and O–H groups in total. The molecule has 4 heteroatoms. The summed E-state index contributed by atoms with van der Waals surface area (Å²) in [6.07, 6.45) is 6.71. The molecular formula is C19H28O3S. The van der Waals surface area contributed by atoms with Crippen LogP contribution in [0.5, 0.6) is 0 Å². The van der Waals surface area contributed by atoms with Crippen molar-refractivity contribution in [2.24, 2.45) is 5.41 Å². The van der Waals surface area contributed by atoms with Gasteiger partial charge in [0.2, 0.25) is 0 Å². The molecule has 0 aliphatic rings. The van der Waals surface area contributed by atoms with Crippen molar-refractivity contribution in [3.8, 4) is 0 Å². The summed E-state index contributed by atoms with van der Waals surface area (Å²) in [5.74, 6) is 0. The molecule has 1 aromatic carbocycles. The first kappa shape index (κ1) is 19.7. The van der Waals surface area contributed by atoms with Gasteiger partial charge < -0.3 is 5.11 Å². The smallest absolute Gasteiger partial charge is 0.175 e. The number of benzene rings is 1. The average molecular weight is 336 g/mol. The van der Waals surface area contributed by atoms with Crippen molar-refractivity contribution in [1.29, 1.82) is 0 Å². The van der Waals surface area contributed by atoms with Crippen molar-refractivity contribution < 1.29 is 13.5 Å². The summed E-state index contributed by atoms with van der Waals surface area (Å²) >= 11 is 0. The van der Waals surface area contributed by atoms with Gasteiger partial charge in [0.15, 0.2) is 9.84 Å². The Labute approximate surface area is 140 Å². The molecular weight excluding hydrogens is 308 g/mol. The number of sulfone groups is 1. The lowest BCUT2D eigenvalue weighted by Crippen LogP contribution is -2.40. The van der Waals surface area contributed by atoms with Gasteiger partial charge in [-0.15, -0.1) is 6.58 Å². The topological polar surface area (TPSA) is 54.4 Å². The SMILES string of the molecule is C=C[C@](C)(CCC=C(C)C)[C@](C)(O)c1ccc(S(C)(=O)=O)cc1. The van der Waals surface area contributed by atoms with Crippen LogP contribution in [0.15, 0.2) is 53.5 Å². The maximum atomic E-state index is 11.6. The van der Waals surface area contributed by atoms with E-state index in [2.05, 4.69) is 12.7 Å². The van der Waals surface area contributed by atoms with Crippen LogP contribution in [0.4, 0.5) is 0 Å². The van der Waals surface area contributed by atoms with Gasteiger partial charge in [0.25, 0.3) is 0 Å². The Kier molecular flexibility index (Phi) is 6.00. The van der Waals surface area contributed by atoms with Gasteiger partial charge in [-0.3, -0.25) is 0 Å². The first-order valence-electron chi connectivity index (χ1n) is 7.74. The van der Waals surface area contributed by atoms with E-state index in [0.29, 0.717) is 5.56 Å². The Morgan fingerprint density at radius 1 is 1.22 bits per heavy atom. The summed E-state index contributed by atoms with van der Waals surface area (Å²) in [5.41, 5.74) is 0.268. The predicted octanol–water partition coefficient (Wildman–Crippen LogP) is 4.24. The molecule has 0 unspecified atom stereocenters. The van der Waals surface area contributed by atoms with Gasteiger partial charge in [0.1, 0.15) is 0 Å². The van der Waals surface area contributed by atoms with E-state index in [9.17, 15) is 13.5 Å². The molecule has 1 aromatic rings. The Bertz CT molecular complexity index is 678. The van der Waals surface area contributed by atoms with Gasteiger partial charge in [-0.2, -0.15) is 0 Å². The molecule has 0 fully saturated rings. The molecule has 128 valence electrons. The third-order valence-electron chi connectivity index (χ3n) is 4.62. The first-order valence-corrected chi connectivity index (χ1v) is 9.63. The number of aliphatic hydroxyl groups is 1. The Balaban J connectivity index is 3.15. The van der Waals surface area contributed by atoms with Gasteiger partial charge in [-0.1, -0.05) is 36.8 Å².